The maximum atomic E-state index is 9.50. The summed E-state index contributed by atoms with van der Waals surface area (Å²) < 4.78 is 8.74. The molecule has 0 saturated heterocycles. The average molecular weight is 412 g/mol. The van der Waals surface area contributed by atoms with E-state index in [0.717, 1.165) is 25.1 Å². The Kier molecular flexibility index (Phi) is 6.87. The van der Waals surface area contributed by atoms with Crippen LogP contribution in [-0.2, 0) is 17.6 Å². The van der Waals surface area contributed by atoms with Gasteiger partial charge in [0.1, 0.15) is 0 Å². The molecule has 1 heterocycles. The first-order valence-corrected chi connectivity index (χ1v) is 13.9. The lowest BCUT2D eigenvalue weighted by Crippen LogP contribution is -2.40. The molecule has 3 rings (SSSR count). The molecule has 0 fully saturated rings. The number of aliphatic hydroxyl groups excluding tert-OH is 1. The fraction of sp³-hybridized carbons (Fsp3) is 0.520. The summed E-state index contributed by atoms with van der Waals surface area (Å²) in [5, 5.41) is 12.3. The van der Waals surface area contributed by atoms with E-state index in [-0.39, 0.29) is 6.61 Å². The van der Waals surface area contributed by atoms with Crippen LogP contribution in [-0.4, -0.2) is 24.6 Å². The highest BCUT2D eigenvalue weighted by Crippen LogP contribution is 2.36. The van der Waals surface area contributed by atoms with Crippen molar-refractivity contribution in [3.8, 4) is 0 Å². The van der Waals surface area contributed by atoms with Crippen LogP contribution in [0.25, 0.3) is 21.8 Å². The van der Waals surface area contributed by atoms with Crippen LogP contribution in [0.3, 0.4) is 0 Å². The summed E-state index contributed by atoms with van der Waals surface area (Å²) in [7, 11) is -1.61. The molecule has 0 radical (unpaired) electrons. The summed E-state index contributed by atoms with van der Waals surface area (Å²) in [6.45, 7) is 13.6. The van der Waals surface area contributed by atoms with E-state index in [1.54, 1.807) is 0 Å². The molecule has 4 heteroatoms. The second kappa shape index (κ2) is 9.03. The summed E-state index contributed by atoms with van der Waals surface area (Å²) in [6.07, 6.45) is 4.78. The number of aryl methyl sites for hydroxylation is 1. The van der Waals surface area contributed by atoms with Gasteiger partial charge in [0.25, 0.3) is 0 Å². The molecule has 3 nitrogen and oxygen atoms in total. The van der Waals surface area contributed by atoms with Crippen molar-refractivity contribution < 1.29 is 9.53 Å². The SMILES string of the molecule is CC(C)(C)[Si](C)(C)OCCCCCCn1c2ccccc2c2cc(CO)ccc21. The van der Waals surface area contributed by atoms with Crippen molar-refractivity contribution in [2.45, 2.75) is 77.7 Å². The first kappa shape index (κ1) is 22.1. The Bertz CT molecular complexity index is 953. The van der Waals surface area contributed by atoms with Crippen LogP contribution in [0, 0.1) is 0 Å². The Morgan fingerprint density at radius 1 is 0.897 bits per heavy atom. The third-order valence-corrected chi connectivity index (χ3v) is 11.1. The summed E-state index contributed by atoms with van der Waals surface area (Å²) in [5.74, 6) is 0. The zero-order valence-electron chi connectivity index (χ0n) is 18.8. The minimum absolute atomic E-state index is 0.0897. The maximum absolute atomic E-state index is 9.50. The maximum Gasteiger partial charge on any atom is 0.191 e. The highest BCUT2D eigenvalue weighted by Gasteiger charge is 2.36. The van der Waals surface area contributed by atoms with Gasteiger partial charge in [0.2, 0.25) is 0 Å². The molecule has 29 heavy (non-hydrogen) atoms. The predicted molar refractivity (Wildman–Crippen MR) is 127 cm³/mol. The number of hydrogen-bond acceptors (Lipinski definition) is 2. The number of aliphatic hydroxyl groups is 1. The van der Waals surface area contributed by atoms with Crippen molar-refractivity contribution >= 4 is 30.1 Å². The fourth-order valence-corrected chi connectivity index (χ4v) is 4.80. The third kappa shape index (κ3) is 4.93. The Hall–Kier alpha value is -1.62. The van der Waals surface area contributed by atoms with E-state index < -0.39 is 8.32 Å². The van der Waals surface area contributed by atoms with E-state index in [0.29, 0.717) is 5.04 Å². The van der Waals surface area contributed by atoms with E-state index in [1.807, 2.05) is 6.07 Å². The molecule has 0 saturated carbocycles. The molecule has 1 aromatic heterocycles. The van der Waals surface area contributed by atoms with Gasteiger partial charge in [-0.15, -0.1) is 0 Å². The number of unbranched alkanes of at least 4 members (excludes halogenated alkanes) is 3. The van der Waals surface area contributed by atoms with Crippen molar-refractivity contribution in [2.75, 3.05) is 6.61 Å². The molecule has 0 spiro atoms. The molecule has 2 aromatic carbocycles. The number of fused-ring (bicyclic) bond motifs is 3. The van der Waals surface area contributed by atoms with Crippen LogP contribution < -0.4 is 0 Å². The standard InChI is InChI=1S/C25H37NO2Si/c1-25(2,3)29(4,5)28-17-11-7-6-10-16-26-23-13-9-8-12-21(23)22-18-20(19-27)14-15-24(22)26/h8-9,12-15,18,27H,6-7,10-11,16-17,19H2,1-5H3. The second-order valence-electron chi connectivity index (χ2n) is 9.70. The number of nitrogens with zero attached hydrogens (tertiary/aromatic N) is 1. The Labute approximate surface area is 176 Å². The number of benzene rings is 2. The average Bonchev–Trinajstić information content (AvgIpc) is 2.99. The molecule has 3 aromatic rings. The monoisotopic (exact) mass is 411 g/mol. The molecule has 0 unspecified atom stereocenters. The Morgan fingerprint density at radius 2 is 1.59 bits per heavy atom. The van der Waals surface area contributed by atoms with Crippen molar-refractivity contribution in [1.82, 2.24) is 4.57 Å². The van der Waals surface area contributed by atoms with Gasteiger partial charge >= 0.3 is 0 Å². The predicted octanol–water partition coefficient (Wildman–Crippen LogP) is 6.87. The van der Waals surface area contributed by atoms with E-state index in [9.17, 15) is 5.11 Å². The van der Waals surface area contributed by atoms with Crippen LogP contribution in [0.1, 0.15) is 52.0 Å². The number of hydrogen-bond donors (Lipinski definition) is 1. The van der Waals surface area contributed by atoms with E-state index in [4.69, 9.17) is 4.43 Å². The van der Waals surface area contributed by atoms with Crippen LogP contribution >= 0.6 is 0 Å². The minimum Gasteiger partial charge on any atom is -0.417 e. The number of rotatable bonds is 9. The summed E-state index contributed by atoms with van der Waals surface area (Å²) >= 11 is 0. The Balaban J connectivity index is 1.57. The van der Waals surface area contributed by atoms with Crippen molar-refractivity contribution in [3.63, 3.8) is 0 Å². The zero-order chi connectivity index (χ0) is 21.1. The second-order valence-corrected chi connectivity index (χ2v) is 14.5. The van der Waals surface area contributed by atoms with E-state index in [1.165, 1.54) is 41.1 Å². The van der Waals surface area contributed by atoms with Gasteiger partial charge in [0.05, 0.1) is 6.61 Å². The highest BCUT2D eigenvalue weighted by atomic mass is 28.4. The van der Waals surface area contributed by atoms with Gasteiger partial charge in [0.15, 0.2) is 8.32 Å². The van der Waals surface area contributed by atoms with Crippen LogP contribution in [0.4, 0.5) is 0 Å². The van der Waals surface area contributed by atoms with Gasteiger partial charge in [-0.2, -0.15) is 0 Å². The molecule has 1 N–H and O–H groups in total. The smallest absolute Gasteiger partial charge is 0.191 e. The molecule has 0 aliphatic carbocycles. The summed E-state index contributed by atoms with van der Waals surface area (Å²) in [4.78, 5) is 0. The summed E-state index contributed by atoms with van der Waals surface area (Å²) in [5.41, 5.74) is 3.53. The molecular weight excluding hydrogens is 374 g/mol. The van der Waals surface area contributed by atoms with Gasteiger partial charge in [-0.25, -0.2) is 0 Å². The van der Waals surface area contributed by atoms with Crippen LogP contribution in [0.15, 0.2) is 42.5 Å². The molecule has 158 valence electrons. The quantitative estimate of drug-likeness (QED) is 0.308. The summed E-state index contributed by atoms with van der Waals surface area (Å²) in [6, 6.07) is 14.9. The molecule has 0 bridgehead atoms. The van der Waals surface area contributed by atoms with Crippen molar-refractivity contribution in [2.24, 2.45) is 0 Å². The van der Waals surface area contributed by atoms with E-state index in [2.05, 4.69) is 74.8 Å². The van der Waals surface area contributed by atoms with Gasteiger partial charge < -0.3 is 14.1 Å². The third-order valence-electron chi connectivity index (χ3n) is 6.56. The molecule has 0 aliphatic heterocycles. The fourth-order valence-electron chi connectivity index (χ4n) is 3.71. The van der Waals surface area contributed by atoms with Crippen LogP contribution in [0.5, 0.6) is 0 Å². The first-order valence-electron chi connectivity index (χ1n) is 11.0. The first-order chi connectivity index (χ1) is 13.7. The van der Waals surface area contributed by atoms with E-state index >= 15 is 0 Å². The number of aromatic nitrogens is 1. The normalized spacial score (nSPS) is 12.9. The zero-order valence-corrected chi connectivity index (χ0v) is 19.8. The Morgan fingerprint density at radius 3 is 2.31 bits per heavy atom. The topological polar surface area (TPSA) is 34.4 Å². The highest BCUT2D eigenvalue weighted by molar-refractivity contribution is 6.74. The lowest BCUT2D eigenvalue weighted by atomic mass is 10.1. The van der Waals surface area contributed by atoms with Crippen LogP contribution in [0.2, 0.25) is 18.1 Å². The number of para-hydroxylation sites is 1. The molecule has 0 aliphatic rings. The largest absolute Gasteiger partial charge is 0.417 e. The lowest BCUT2D eigenvalue weighted by molar-refractivity contribution is 0.277. The minimum atomic E-state index is -1.61. The van der Waals surface area contributed by atoms with Crippen molar-refractivity contribution in [3.05, 3.63) is 48.0 Å². The molecular formula is C25H37NO2Si. The van der Waals surface area contributed by atoms with Gasteiger partial charge in [-0.05, 0) is 54.7 Å². The van der Waals surface area contributed by atoms with Gasteiger partial charge in [-0.1, -0.05) is 57.9 Å². The van der Waals surface area contributed by atoms with Gasteiger partial charge in [-0.3, -0.25) is 0 Å². The molecule has 0 atom stereocenters. The van der Waals surface area contributed by atoms with Crippen molar-refractivity contribution in [1.29, 1.82) is 0 Å². The lowest BCUT2D eigenvalue weighted by Gasteiger charge is -2.36. The molecule has 0 amide bonds. The van der Waals surface area contributed by atoms with Gasteiger partial charge in [0, 0.05) is 35.0 Å².